The summed E-state index contributed by atoms with van der Waals surface area (Å²) >= 11 is 0. The third-order valence-corrected chi connectivity index (χ3v) is 6.97. The molecule has 2 atom stereocenters. The van der Waals surface area contributed by atoms with Crippen LogP contribution in [0.4, 0.5) is 4.39 Å². The van der Waals surface area contributed by atoms with E-state index in [1.807, 2.05) is 32.0 Å². The number of rotatable bonds is 2. The fourth-order valence-corrected chi connectivity index (χ4v) is 4.87. The summed E-state index contributed by atoms with van der Waals surface area (Å²) in [6, 6.07) is 18.0. The first-order valence-electron chi connectivity index (χ1n) is 13.4. The van der Waals surface area contributed by atoms with Crippen LogP contribution in [0.2, 0.25) is 0 Å². The molecule has 208 valence electrons. The Bertz CT molecular complexity index is 1410. The van der Waals surface area contributed by atoms with Crippen LogP contribution >= 0.6 is 0 Å². The molecule has 2 N–H and O–H groups in total. The maximum absolute atomic E-state index is 14.9. The van der Waals surface area contributed by atoms with Gasteiger partial charge in [-0.1, -0.05) is 44.2 Å². The lowest BCUT2D eigenvalue weighted by atomic mass is 10.0. The molecule has 3 aliphatic rings. The summed E-state index contributed by atoms with van der Waals surface area (Å²) in [7, 11) is 0. The highest BCUT2D eigenvalue weighted by atomic mass is 19.1. The van der Waals surface area contributed by atoms with E-state index in [9.17, 15) is 18.8 Å². The van der Waals surface area contributed by atoms with E-state index in [1.165, 1.54) is 12.1 Å². The molecule has 3 aliphatic heterocycles. The maximum Gasteiger partial charge on any atom is 0.258 e. The Morgan fingerprint density at radius 3 is 2.55 bits per heavy atom. The minimum absolute atomic E-state index is 0.0211. The van der Waals surface area contributed by atoms with Crippen molar-refractivity contribution in [2.24, 2.45) is 5.92 Å². The van der Waals surface area contributed by atoms with Gasteiger partial charge in [0.25, 0.3) is 11.8 Å². The summed E-state index contributed by atoms with van der Waals surface area (Å²) in [5.41, 5.74) is 2.07. The van der Waals surface area contributed by atoms with Gasteiger partial charge in [-0.2, -0.15) is 0 Å². The number of benzene rings is 3. The summed E-state index contributed by atoms with van der Waals surface area (Å²) < 4.78 is 26.8. The highest BCUT2D eigenvalue weighted by molar-refractivity contribution is 5.96. The summed E-state index contributed by atoms with van der Waals surface area (Å²) in [6.07, 6.45) is -0.149. The number of amides is 3. The highest BCUT2D eigenvalue weighted by Gasteiger charge is 2.38. The van der Waals surface area contributed by atoms with Gasteiger partial charge in [0.1, 0.15) is 23.4 Å². The van der Waals surface area contributed by atoms with Crippen molar-refractivity contribution in [3.05, 3.63) is 83.7 Å². The Morgan fingerprint density at radius 1 is 1.00 bits per heavy atom. The minimum Gasteiger partial charge on any atom is -0.486 e. The fourth-order valence-electron chi connectivity index (χ4n) is 4.87. The van der Waals surface area contributed by atoms with Crippen LogP contribution in [-0.2, 0) is 16.1 Å². The lowest BCUT2D eigenvalue weighted by Gasteiger charge is -2.21. The predicted octanol–water partition coefficient (Wildman–Crippen LogP) is 3.94. The van der Waals surface area contributed by atoms with Gasteiger partial charge in [0.15, 0.2) is 6.61 Å². The van der Waals surface area contributed by atoms with Crippen molar-refractivity contribution in [2.75, 3.05) is 19.7 Å². The van der Waals surface area contributed by atoms with E-state index >= 15 is 0 Å². The number of hydrogen-bond donors (Lipinski definition) is 2. The first-order chi connectivity index (χ1) is 19.2. The Labute approximate surface area is 232 Å². The second-order valence-corrected chi connectivity index (χ2v) is 10.6. The standard InChI is InChI=1S/C31H32FN3O5/c1-19(2)12-30(37)35-16-27-28(17-35)40-23-9-6-20(7-10-23)15-33-29(36)18-39-24-5-3-4-21(13-24)22-8-11-26(32)25(14-22)31(38)34-27/h3-11,13-14,19,27-28H,12,15-18H2,1-2H3,(H,33,36)(H,34,38)/t27-,28-/m0/s1. The highest BCUT2D eigenvalue weighted by Crippen LogP contribution is 2.27. The summed E-state index contributed by atoms with van der Waals surface area (Å²) in [6.45, 7) is 4.65. The van der Waals surface area contributed by atoms with Crippen molar-refractivity contribution in [3.63, 3.8) is 0 Å². The van der Waals surface area contributed by atoms with Crippen molar-refractivity contribution in [2.45, 2.75) is 39.0 Å². The average molecular weight is 546 g/mol. The molecule has 3 amide bonds. The molecule has 0 spiro atoms. The molecule has 3 aromatic rings. The van der Waals surface area contributed by atoms with E-state index in [-0.39, 0.29) is 36.4 Å². The number of likely N-dealkylation sites (tertiary alicyclic amines) is 1. The van der Waals surface area contributed by atoms with Crippen LogP contribution in [-0.4, -0.2) is 54.5 Å². The summed E-state index contributed by atoms with van der Waals surface area (Å²) in [5, 5.41) is 5.76. The zero-order valence-electron chi connectivity index (χ0n) is 22.5. The van der Waals surface area contributed by atoms with Crippen molar-refractivity contribution >= 4 is 17.7 Å². The van der Waals surface area contributed by atoms with Crippen LogP contribution in [0.5, 0.6) is 11.5 Å². The number of nitrogens with one attached hydrogen (secondary N) is 2. The van der Waals surface area contributed by atoms with Crippen molar-refractivity contribution in [3.8, 4) is 22.6 Å². The van der Waals surface area contributed by atoms with Gasteiger partial charge in [-0.3, -0.25) is 14.4 Å². The van der Waals surface area contributed by atoms with Gasteiger partial charge in [0, 0.05) is 19.5 Å². The molecule has 3 heterocycles. The summed E-state index contributed by atoms with van der Waals surface area (Å²) in [5.74, 6) is -0.338. The number of carbonyl (C=O) groups is 3. The molecule has 3 aromatic carbocycles. The molecule has 0 unspecified atom stereocenters. The average Bonchev–Trinajstić information content (AvgIpc) is 3.33. The SMILES string of the molecule is CC(C)CC(=O)N1C[C@@H]2NC(=O)c3cc(ccc3F)-c3cccc(c3)OCC(=O)NCc3ccc(cc3)O[C@H]2C1. The maximum atomic E-state index is 14.9. The third-order valence-electron chi connectivity index (χ3n) is 6.97. The molecule has 6 bridgehead atoms. The minimum atomic E-state index is -0.661. The molecular weight excluding hydrogens is 513 g/mol. The van der Waals surface area contributed by atoms with Crippen LogP contribution in [0.3, 0.4) is 0 Å². The molecule has 1 fully saturated rings. The number of nitrogens with zero attached hydrogens (tertiary/aromatic N) is 1. The van der Waals surface area contributed by atoms with Gasteiger partial charge in [-0.25, -0.2) is 4.39 Å². The van der Waals surface area contributed by atoms with Crippen LogP contribution in [0.25, 0.3) is 11.1 Å². The van der Waals surface area contributed by atoms with Gasteiger partial charge in [0.2, 0.25) is 5.91 Å². The lowest BCUT2D eigenvalue weighted by Crippen LogP contribution is -2.45. The number of ether oxygens (including phenoxy) is 2. The van der Waals surface area contributed by atoms with Gasteiger partial charge in [-0.15, -0.1) is 0 Å². The third kappa shape index (κ3) is 6.42. The number of halogens is 1. The molecule has 0 saturated carbocycles. The molecule has 8 nitrogen and oxygen atoms in total. The smallest absolute Gasteiger partial charge is 0.258 e. The predicted molar refractivity (Wildman–Crippen MR) is 147 cm³/mol. The normalized spacial score (nSPS) is 19.2. The molecule has 6 rings (SSSR count). The topological polar surface area (TPSA) is 97.0 Å². The molecule has 40 heavy (non-hydrogen) atoms. The largest absolute Gasteiger partial charge is 0.486 e. The van der Waals surface area contributed by atoms with Crippen molar-refractivity contribution in [1.82, 2.24) is 15.5 Å². The molecule has 0 radical (unpaired) electrons. The van der Waals surface area contributed by atoms with Gasteiger partial charge in [0.05, 0.1) is 18.2 Å². The molecule has 1 saturated heterocycles. The van der Waals surface area contributed by atoms with E-state index < -0.39 is 23.9 Å². The molecule has 0 aliphatic carbocycles. The van der Waals surface area contributed by atoms with E-state index in [1.54, 1.807) is 41.3 Å². The van der Waals surface area contributed by atoms with Crippen LogP contribution in [0, 0.1) is 11.7 Å². The van der Waals surface area contributed by atoms with Gasteiger partial charge < -0.3 is 25.0 Å². The zero-order chi connectivity index (χ0) is 28.2. The van der Waals surface area contributed by atoms with E-state index in [2.05, 4.69) is 10.6 Å². The number of carbonyl (C=O) groups excluding carboxylic acids is 3. The Morgan fingerprint density at radius 2 is 1.77 bits per heavy atom. The van der Waals surface area contributed by atoms with Crippen molar-refractivity contribution in [1.29, 1.82) is 0 Å². The molecule has 0 aromatic heterocycles. The van der Waals surface area contributed by atoms with Crippen molar-refractivity contribution < 1.29 is 28.2 Å². The quantitative estimate of drug-likeness (QED) is 0.509. The first-order valence-corrected chi connectivity index (χ1v) is 13.4. The number of hydrogen-bond acceptors (Lipinski definition) is 5. The number of fused-ring (bicyclic) bond motifs is 7. The Balaban J connectivity index is 1.48. The summed E-state index contributed by atoms with van der Waals surface area (Å²) in [4.78, 5) is 40.3. The van der Waals surface area contributed by atoms with Gasteiger partial charge >= 0.3 is 0 Å². The Hall–Kier alpha value is -4.40. The Kier molecular flexibility index (Phi) is 8.00. The second kappa shape index (κ2) is 11.8. The fraction of sp³-hybridized carbons (Fsp3) is 0.323. The molecule has 9 heteroatoms. The van der Waals surface area contributed by atoms with E-state index in [4.69, 9.17) is 9.47 Å². The van der Waals surface area contributed by atoms with Crippen LogP contribution in [0.1, 0.15) is 36.2 Å². The first kappa shape index (κ1) is 27.2. The lowest BCUT2D eigenvalue weighted by molar-refractivity contribution is -0.131. The molecular formula is C31H32FN3O5. The van der Waals surface area contributed by atoms with E-state index in [0.29, 0.717) is 42.1 Å². The zero-order valence-corrected chi connectivity index (χ0v) is 22.5. The van der Waals surface area contributed by atoms with E-state index in [0.717, 1.165) is 5.56 Å². The second-order valence-electron chi connectivity index (χ2n) is 10.6. The van der Waals surface area contributed by atoms with Crippen LogP contribution in [0.15, 0.2) is 66.7 Å². The van der Waals surface area contributed by atoms with Gasteiger partial charge in [-0.05, 0) is 59.0 Å². The monoisotopic (exact) mass is 545 g/mol. The van der Waals surface area contributed by atoms with Crippen LogP contribution < -0.4 is 20.1 Å².